The molecule has 10 heteroatoms. The third kappa shape index (κ3) is 6.88. The van der Waals surface area contributed by atoms with Gasteiger partial charge in [0, 0.05) is 35.7 Å². The van der Waals surface area contributed by atoms with Crippen LogP contribution in [0.5, 0.6) is 5.75 Å². The zero-order valence-electron chi connectivity index (χ0n) is 36.2. The molecule has 328 valence electrons. The van der Waals surface area contributed by atoms with Gasteiger partial charge in [-0.15, -0.1) is 0 Å². The number of allylic oxidation sites excluding steroid dienone is 6. The molecule has 11 rings (SSSR count). The zero-order valence-corrected chi connectivity index (χ0v) is 36.2. The normalized spacial score (nSPS) is 31.5. The van der Waals surface area contributed by atoms with Crippen LogP contribution in [0.15, 0.2) is 125 Å². The summed E-state index contributed by atoms with van der Waals surface area (Å²) < 4.78 is 13.0. The second kappa shape index (κ2) is 16.8. The first kappa shape index (κ1) is 41.9. The molecule has 9 atom stereocenters. The molecule has 6 bridgehead atoms. The quantitative estimate of drug-likeness (QED) is 0.0851. The number of hydrogen-bond donors (Lipinski definition) is 6. The van der Waals surface area contributed by atoms with Gasteiger partial charge in [-0.2, -0.15) is 0 Å². The Balaban J connectivity index is 1.20. The average Bonchev–Trinajstić information content (AvgIpc) is 3.78. The Bertz CT molecular complexity index is 2470. The van der Waals surface area contributed by atoms with Crippen molar-refractivity contribution < 1.29 is 34.4 Å². The maximum Gasteiger partial charge on any atom is 0.340 e. The number of likely N-dealkylation sites (N-methyl/N-ethyl adjacent to an activating group) is 1. The van der Waals surface area contributed by atoms with Crippen LogP contribution < -0.4 is 16.0 Å². The van der Waals surface area contributed by atoms with E-state index in [1.807, 2.05) is 50.5 Å². The number of nitrogens with one attached hydrogen (secondary N) is 3. The minimum atomic E-state index is -1.04. The SMILES string of the molecule is CNC1CC(C(CO)CC=C2OC(=O)C3=C2CCC24C=CC(NC)c5cccc(c5)-c5ccc(O)cc5C5=C6C(=O)OC(=CC(CCO)Cc7ccccc7)C6(CCC52)C34)CCN1. The van der Waals surface area contributed by atoms with E-state index in [1.54, 1.807) is 6.07 Å². The number of benzene rings is 3. The van der Waals surface area contributed by atoms with Crippen LogP contribution in [0.2, 0.25) is 0 Å². The number of rotatable bonds is 11. The predicted octanol–water partition coefficient (Wildman–Crippen LogP) is 7.41. The summed E-state index contributed by atoms with van der Waals surface area (Å²) in [5.41, 5.74) is 6.18. The van der Waals surface area contributed by atoms with E-state index in [1.165, 1.54) is 0 Å². The summed E-state index contributed by atoms with van der Waals surface area (Å²) >= 11 is 0. The Kier molecular flexibility index (Phi) is 11.2. The highest BCUT2D eigenvalue weighted by molar-refractivity contribution is 6.08. The number of esters is 2. The summed E-state index contributed by atoms with van der Waals surface area (Å²) in [7, 11) is 3.92. The molecule has 2 spiro atoms. The standard InChI is InChI=1S/C53H59N3O7/c1-54-42-17-21-52-20-15-39-43(14-11-36(30-58)33-18-23-56-45(28-33)55-2)62-50(60)47(39)49(52)53-22-16-41(52)46(40-29-37(59)12-13-38(40)34-9-6-10-35(42)27-34)48(53)51(61)63-44(53)26-32(19-24-57)25-31-7-4-3-5-8-31/h3-10,12-14,17,21,26-27,29,32-33,36,41-42,45,49,54-59H,11,15-16,18-20,22-25,28,30H2,1-2H3. The molecular formula is C53H59N3O7. The van der Waals surface area contributed by atoms with Gasteiger partial charge in [-0.3, -0.25) is 0 Å². The van der Waals surface area contributed by atoms with Crippen LogP contribution in [0.25, 0.3) is 16.7 Å². The molecule has 0 amide bonds. The molecule has 6 N–H and O–H groups in total. The lowest BCUT2D eigenvalue weighted by Crippen LogP contribution is -2.58. The molecule has 2 saturated heterocycles. The summed E-state index contributed by atoms with van der Waals surface area (Å²) in [4.78, 5) is 30.0. The second-order valence-corrected chi connectivity index (χ2v) is 18.9. The highest BCUT2D eigenvalue weighted by atomic mass is 16.6. The monoisotopic (exact) mass is 849 g/mol. The lowest BCUT2D eigenvalue weighted by molar-refractivity contribution is -0.135. The number of phenols is 1. The molecule has 3 aromatic rings. The number of phenolic OH excluding ortho intramolecular Hbond substituents is 1. The maximum absolute atomic E-state index is 15.1. The van der Waals surface area contributed by atoms with Gasteiger partial charge in [-0.05, 0) is 166 Å². The second-order valence-electron chi connectivity index (χ2n) is 18.9. The summed E-state index contributed by atoms with van der Waals surface area (Å²) in [5.74, 6) is -0.107. The molecule has 3 aliphatic heterocycles. The van der Waals surface area contributed by atoms with Crippen LogP contribution in [-0.2, 0) is 25.5 Å². The van der Waals surface area contributed by atoms with Gasteiger partial charge in [-0.25, -0.2) is 9.59 Å². The number of piperidine rings is 1. The lowest BCUT2D eigenvalue weighted by atomic mass is 9.38. The van der Waals surface area contributed by atoms with Crippen molar-refractivity contribution in [2.45, 2.75) is 70.0 Å². The van der Waals surface area contributed by atoms with Crippen LogP contribution in [0, 0.1) is 40.4 Å². The number of hydrogen-bond acceptors (Lipinski definition) is 10. The van der Waals surface area contributed by atoms with E-state index in [2.05, 4.69) is 70.6 Å². The number of aliphatic hydroxyl groups excluding tert-OH is 2. The molecule has 3 aromatic carbocycles. The summed E-state index contributed by atoms with van der Waals surface area (Å²) in [6.45, 7) is 0.875. The molecule has 5 aliphatic carbocycles. The average molecular weight is 850 g/mol. The van der Waals surface area contributed by atoms with Gasteiger partial charge in [0.1, 0.15) is 17.3 Å². The van der Waals surface area contributed by atoms with Crippen molar-refractivity contribution in [2.75, 3.05) is 33.9 Å². The molecule has 8 aliphatic rings. The van der Waals surface area contributed by atoms with Crippen molar-refractivity contribution in [1.29, 1.82) is 0 Å². The Morgan fingerprint density at radius 3 is 2.57 bits per heavy atom. The summed E-state index contributed by atoms with van der Waals surface area (Å²) in [6.07, 6.45) is 15.1. The molecule has 3 heterocycles. The van der Waals surface area contributed by atoms with E-state index in [4.69, 9.17) is 9.47 Å². The van der Waals surface area contributed by atoms with Crippen molar-refractivity contribution in [1.82, 2.24) is 16.0 Å². The number of aromatic hydroxyl groups is 1. The minimum Gasteiger partial charge on any atom is -0.508 e. The fraction of sp³-hybridized carbons (Fsp3) is 0.434. The van der Waals surface area contributed by atoms with Gasteiger partial charge in [0.15, 0.2) is 0 Å². The molecule has 10 nitrogen and oxygen atoms in total. The van der Waals surface area contributed by atoms with Gasteiger partial charge in [0.05, 0.1) is 23.2 Å². The van der Waals surface area contributed by atoms with Gasteiger partial charge < -0.3 is 40.7 Å². The van der Waals surface area contributed by atoms with Gasteiger partial charge in [0.25, 0.3) is 0 Å². The van der Waals surface area contributed by atoms with Crippen molar-refractivity contribution in [3.05, 3.63) is 142 Å². The van der Waals surface area contributed by atoms with Crippen molar-refractivity contribution in [2.24, 2.45) is 40.4 Å². The van der Waals surface area contributed by atoms with E-state index >= 15 is 4.79 Å². The number of aliphatic hydroxyl groups is 2. The van der Waals surface area contributed by atoms with Gasteiger partial charge in [0.2, 0.25) is 0 Å². The highest BCUT2D eigenvalue weighted by Gasteiger charge is 2.73. The number of fused-ring (bicyclic) bond motifs is 5. The minimum absolute atomic E-state index is 0.0107. The third-order valence-corrected chi connectivity index (χ3v) is 15.8. The predicted molar refractivity (Wildman–Crippen MR) is 241 cm³/mol. The zero-order chi connectivity index (χ0) is 43.5. The largest absolute Gasteiger partial charge is 0.508 e. The Hall–Kier alpha value is -5.10. The topological polar surface area (TPSA) is 149 Å². The molecule has 3 fully saturated rings. The van der Waals surface area contributed by atoms with Crippen LogP contribution in [0.3, 0.4) is 0 Å². The van der Waals surface area contributed by atoms with E-state index in [0.717, 1.165) is 64.8 Å². The smallest absolute Gasteiger partial charge is 0.340 e. The van der Waals surface area contributed by atoms with Crippen molar-refractivity contribution in [3.8, 4) is 16.9 Å². The lowest BCUT2D eigenvalue weighted by Gasteiger charge is -2.62. The van der Waals surface area contributed by atoms with Crippen LogP contribution in [0.1, 0.15) is 74.1 Å². The first-order valence-electron chi connectivity index (χ1n) is 23.0. The van der Waals surface area contributed by atoms with E-state index < -0.39 is 22.7 Å². The van der Waals surface area contributed by atoms with E-state index in [9.17, 15) is 20.1 Å². The molecule has 63 heavy (non-hydrogen) atoms. The summed E-state index contributed by atoms with van der Waals surface area (Å²) in [6, 6.07) is 24.0. The Labute approximate surface area is 369 Å². The number of cyclic esters (lactones) is 2. The fourth-order valence-electron chi connectivity index (χ4n) is 13.0. The Morgan fingerprint density at radius 2 is 1.78 bits per heavy atom. The van der Waals surface area contributed by atoms with Crippen molar-refractivity contribution in [3.63, 3.8) is 0 Å². The van der Waals surface area contributed by atoms with Gasteiger partial charge in [-0.1, -0.05) is 66.7 Å². The summed E-state index contributed by atoms with van der Waals surface area (Å²) in [5, 5.41) is 42.8. The molecule has 1 saturated carbocycles. The van der Waals surface area contributed by atoms with E-state index in [-0.39, 0.29) is 54.9 Å². The first-order valence-corrected chi connectivity index (χ1v) is 23.0. The first-order chi connectivity index (χ1) is 30.7. The van der Waals surface area contributed by atoms with E-state index in [0.29, 0.717) is 67.1 Å². The molecule has 0 radical (unpaired) electrons. The van der Waals surface area contributed by atoms with Crippen LogP contribution >= 0.6 is 0 Å². The molecular weight excluding hydrogens is 791 g/mol. The molecule has 9 unspecified atom stereocenters. The Morgan fingerprint density at radius 1 is 0.921 bits per heavy atom. The number of carbonyl (C=O) groups excluding carboxylic acids is 2. The number of ether oxygens (including phenoxy) is 2. The fourth-order valence-corrected chi connectivity index (χ4v) is 13.0. The number of carbonyl (C=O) groups is 2. The van der Waals surface area contributed by atoms with Gasteiger partial charge >= 0.3 is 11.9 Å². The van der Waals surface area contributed by atoms with Crippen LogP contribution in [-0.4, -0.2) is 67.3 Å². The highest BCUT2D eigenvalue weighted by Crippen LogP contribution is 2.77. The maximum atomic E-state index is 15.1. The van der Waals surface area contributed by atoms with Crippen LogP contribution in [0.4, 0.5) is 0 Å². The molecule has 0 aromatic heterocycles. The van der Waals surface area contributed by atoms with Crippen molar-refractivity contribution >= 4 is 17.5 Å². The third-order valence-electron chi connectivity index (χ3n) is 15.8.